The molecule has 0 radical (unpaired) electrons. The molecule has 1 amide bonds. The van der Waals surface area contributed by atoms with Gasteiger partial charge in [0.2, 0.25) is 17.7 Å². The standard InChI is InChI=1S/C27H34F2N6O4/c1-17(2)26-33-24(34-39-26)19-15-31-27(32-16-19)35-9-6-18(7-10-35)5-4-11-38-20-13-21(28)23(22(29)14-20)25(36)30-8-12-37-3/h13-18H,4-12H2,1-3H3,(H,30,36). The summed E-state index contributed by atoms with van der Waals surface area (Å²) in [5.41, 5.74) is 0.0861. The van der Waals surface area contributed by atoms with Crippen LogP contribution in [-0.4, -0.2) is 66.0 Å². The molecule has 3 heterocycles. The van der Waals surface area contributed by atoms with E-state index in [2.05, 4.69) is 30.3 Å². The Morgan fingerprint density at radius 1 is 1.15 bits per heavy atom. The Kier molecular flexibility index (Phi) is 9.74. The number of benzene rings is 1. The maximum Gasteiger partial charge on any atom is 0.257 e. The Morgan fingerprint density at radius 3 is 2.46 bits per heavy atom. The van der Waals surface area contributed by atoms with Gasteiger partial charge >= 0.3 is 0 Å². The summed E-state index contributed by atoms with van der Waals surface area (Å²) in [6.45, 7) is 6.40. The molecule has 2 aromatic heterocycles. The van der Waals surface area contributed by atoms with E-state index in [9.17, 15) is 13.6 Å². The number of carbonyl (C=O) groups excluding carboxylic acids is 1. The van der Waals surface area contributed by atoms with Crippen LogP contribution in [0.3, 0.4) is 0 Å². The molecule has 0 saturated carbocycles. The van der Waals surface area contributed by atoms with Gasteiger partial charge < -0.3 is 24.2 Å². The molecule has 1 aliphatic heterocycles. The van der Waals surface area contributed by atoms with Crippen molar-refractivity contribution in [1.29, 1.82) is 0 Å². The highest BCUT2D eigenvalue weighted by molar-refractivity contribution is 5.94. The Labute approximate surface area is 226 Å². The van der Waals surface area contributed by atoms with Crippen molar-refractivity contribution in [2.75, 3.05) is 44.9 Å². The van der Waals surface area contributed by atoms with Gasteiger partial charge in [0, 0.05) is 57.2 Å². The van der Waals surface area contributed by atoms with E-state index in [1.54, 1.807) is 12.4 Å². The normalized spacial score (nSPS) is 14.2. The number of halogens is 2. The summed E-state index contributed by atoms with van der Waals surface area (Å²) in [7, 11) is 1.47. The van der Waals surface area contributed by atoms with Crippen LogP contribution in [0, 0.1) is 17.6 Å². The number of methoxy groups -OCH3 is 1. The molecule has 210 valence electrons. The van der Waals surface area contributed by atoms with Crippen LogP contribution in [0.15, 0.2) is 29.0 Å². The molecule has 1 fully saturated rings. The first-order valence-electron chi connectivity index (χ1n) is 13.2. The molecule has 3 aromatic rings. The highest BCUT2D eigenvalue weighted by Crippen LogP contribution is 2.26. The maximum absolute atomic E-state index is 14.3. The van der Waals surface area contributed by atoms with Crippen LogP contribution in [0.2, 0.25) is 0 Å². The van der Waals surface area contributed by atoms with E-state index in [0.717, 1.165) is 50.9 Å². The van der Waals surface area contributed by atoms with Crippen molar-refractivity contribution < 1.29 is 27.6 Å². The highest BCUT2D eigenvalue weighted by Gasteiger charge is 2.22. The smallest absolute Gasteiger partial charge is 0.257 e. The number of piperidine rings is 1. The molecule has 4 rings (SSSR count). The predicted octanol–water partition coefficient (Wildman–Crippen LogP) is 4.38. The van der Waals surface area contributed by atoms with Crippen molar-refractivity contribution in [3.05, 3.63) is 47.6 Å². The molecule has 12 heteroatoms. The second-order valence-electron chi connectivity index (χ2n) is 9.81. The second-order valence-corrected chi connectivity index (χ2v) is 9.81. The Morgan fingerprint density at radius 2 is 1.85 bits per heavy atom. The third-order valence-electron chi connectivity index (χ3n) is 6.59. The van der Waals surface area contributed by atoms with Gasteiger partial charge in [0.25, 0.3) is 5.91 Å². The minimum atomic E-state index is -0.958. The van der Waals surface area contributed by atoms with Crippen LogP contribution in [0.4, 0.5) is 14.7 Å². The van der Waals surface area contributed by atoms with Gasteiger partial charge in [0.15, 0.2) is 0 Å². The molecule has 1 N–H and O–H groups in total. The van der Waals surface area contributed by atoms with Gasteiger partial charge in [-0.05, 0) is 31.6 Å². The fourth-order valence-corrected chi connectivity index (χ4v) is 4.38. The molecular weight excluding hydrogens is 510 g/mol. The van der Waals surface area contributed by atoms with E-state index in [1.165, 1.54) is 7.11 Å². The monoisotopic (exact) mass is 544 g/mol. The van der Waals surface area contributed by atoms with Crippen molar-refractivity contribution in [3.8, 4) is 17.1 Å². The fraction of sp³-hybridized carbons (Fsp3) is 0.519. The topological polar surface area (TPSA) is 116 Å². The third kappa shape index (κ3) is 7.47. The van der Waals surface area contributed by atoms with E-state index in [1.807, 2.05) is 13.8 Å². The van der Waals surface area contributed by atoms with Gasteiger partial charge in [-0.2, -0.15) is 4.98 Å². The van der Waals surface area contributed by atoms with Crippen molar-refractivity contribution in [2.24, 2.45) is 5.92 Å². The largest absolute Gasteiger partial charge is 0.493 e. The number of carbonyl (C=O) groups is 1. The van der Waals surface area contributed by atoms with Crippen LogP contribution >= 0.6 is 0 Å². The third-order valence-corrected chi connectivity index (χ3v) is 6.59. The van der Waals surface area contributed by atoms with Crippen LogP contribution in [-0.2, 0) is 4.74 Å². The zero-order chi connectivity index (χ0) is 27.8. The number of amides is 1. The molecule has 10 nitrogen and oxygen atoms in total. The van der Waals surface area contributed by atoms with Crippen LogP contribution in [0.25, 0.3) is 11.4 Å². The van der Waals surface area contributed by atoms with Crippen LogP contribution in [0.1, 0.15) is 61.7 Å². The summed E-state index contributed by atoms with van der Waals surface area (Å²) in [6.07, 6.45) is 7.10. The molecule has 1 aliphatic rings. The summed E-state index contributed by atoms with van der Waals surface area (Å²) >= 11 is 0. The average molecular weight is 545 g/mol. The lowest BCUT2D eigenvalue weighted by Gasteiger charge is -2.32. The van der Waals surface area contributed by atoms with Gasteiger partial charge in [-0.15, -0.1) is 0 Å². The lowest BCUT2D eigenvalue weighted by molar-refractivity contribution is 0.0928. The van der Waals surface area contributed by atoms with Gasteiger partial charge in [-0.25, -0.2) is 18.7 Å². The zero-order valence-corrected chi connectivity index (χ0v) is 22.5. The van der Waals surface area contributed by atoms with Gasteiger partial charge in [-0.1, -0.05) is 19.0 Å². The minimum Gasteiger partial charge on any atom is -0.493 e. The van der Waals surface area contributed by atoms with E-state index in [0.29, 0.717) is 35.8 Å². The Hall–Kier alpha value is -3.67. The SMILES string of the molecule is COCCNC(=O)c1c(F)cc(OCCCC2CCN(c3ncc(-c4noc(C(C)C)n4)cn3)CC2)cc1F. The summed E-state index contributed by atoms with van der Waals surface area (Å²) < 4.78 is 44.3. The lowest BCUT2D eigenvalue weighted by Crippen LogP contribution is -2.34. The number of ether oxygens (including phenoxy) is 2. The number of nitrogens with one attached hydrogen (secondary N) is 1. The van der Waals surface area contributed by atoms with E-state index < -0.39 is 23.1 Å². The molecule has 1 aromatic carbocycles. The first-order chi connectivity index (χ1) is 18.9. The van der Waals surface area contributed by atoms with Crippen molar-refractivity contribution in [2.45, 2.75) is 45.4 Å². The maximum atomic E-state index is 14.3. The van der Waals surface area contributed by atoms with Crippen LogP contribution < -0.4 is 15.0 Å². The molecule has 0 spiro atoms. The number of hydrogen-bond donors (Lipinski definition) is 1. The predicted molar refractivity (Wildman–Crippen MR) is 140 cm³/mol. The Bertz CT molecular complexity index is 1210. The van der Waals surface area contributed by atoms with Gasteiger partial charge in [0.05, 0.1) is 18.8 Å². The average Bonchev–Trinajstić information content (AvgIpc) is 3.42. The molecule has 0 unspecified atom stereocenters. The summed E-state index contributed by atoms with van der Waals surface area (Å²) in [4.78, 5) is 27.5. The quantitative estimate of drug-likeness (QED) is 0.332. The summed E-state index contributed by atoms with van der Waals surface area (Å²) in [6, 6.07) is 2.08. The molecule has 1 saturated heterocycles. The number of aromatic nitrogens is 4. The van der Waals surface area contributed by atoms with Gasteiger partial charge in [0.1, 0.15) is 22.9 Å². The van der Waals surface area contributed by atoms with E-state index in [-0.39, 0.29) is 24.8 Å². The van der Waals surface area contributed by atoms with E-state index >= 15 is 0 Å². The molecule has 0 atom stereocenters. The lowest BCUT2D eigenvalue weighted by atomic mass is 9.92. The summed E-state index contributed by atoms with van der Waals surface area (Å²) in [5.74, 6) is -0.266. The van der Waals surface area contributed by atoms with Crippen molar-refractivity contribution >= 4 is 11.9 Å². The van der Waals surface area contributed by atoms with Gasteiger partial charge in [-0.3, -0.25) is 4.79 Å². The van der Waals surface area contributed by atoms with Crippen LogP contribution in [0.5, 0.6) is 5.75 Å². The first-order valence-corrected chi connectivity index (χ1v) is 13.2. The number of rotatable bonds is 12. The number of anilines is 1. The second kappa shape index (κ2) is 13.4. The minimum absolute atomic E-state index is 0.0649. The zero-order valence-electron chi connectivity index (χ0n) is 22.5. The summed E-state index contributed by atoms with van der Waals surface area (Å²) in [5, 5.41) is 6.41. The molecule has 0 bridgehead atoms. The number of nitrogens with zero attached hydrogens (tertiary/aromatic N) is 5. The van der Waals surface area contributed by atoms with Crippen molar-refractivity contribution in [3.63, 3.8) is 0 Å². The molecular formula is C27H34F2N6O4. The first kappa shape index (κ1) is 28.3. The fourth-order valence-electron chi connectivity index (χ4n) is 4.38. The molecule has 0 aliphatic carbocycles. The molecule has 39 heavy (non-hydrogen) atoms. The highest BCUT2D eigenvalue weighted by atomic mass is 19.1. The Balaban J connectivity index is 1.19. The van der Waals surface area contributed by atoms with Crippen molar-refractivity contribution in [1.82, 2.24) is 25.4 Å². The van der Waals surface area contributed by atoms with E-state index in [4.69, 9.17) is 14.0 Å². The number of hydrogen-bond acceptors (Lipinski definition) is 9.